The van der Waals surface area contributed by atoms with Crippen LogP contribution in [0.1, 0.15) is 12.5 Å². The van der Waals surface area contributed by atoms with Crippen LogP contribution in [-0.2, 0) is 6.42 Å². The molecule has 29 heavy (non-hydrogen) atoms. The molecule has 0 saturated carbocycles. The minimum absolute atomic E-state index is 0.565. The van der Waals surface area contributed by atoms with Gasteiger partial charge in [-0.2, -0.15) is 4.98 Å². The van der Waals surface area contributed by atoms with Crippen LogP contribution in [0.5, 0.6) is 5.75 Å². The number of para-hydroxylation sites is 1. The molecule has 5 heteroatoms. The Morgan fingerprint density at radius 1 is 0.828 bits per heavy atom. The largest absolute Gasteiger partial charge is 0.494 e. The van der Waals surface area contributed by atoms with E-state index in [1.807, 2.05) is 61.5 Å². The van der Waals surface area contributed by atoms with Crippen molar-refractivity contribution in [3.63, 3.8) is 0 Å². The number of nitrogens with zero attached hydrogens (tertiary/aromatic N) is 2. The zero-order chi connectivity index (χ0) is 19.9. The van der Waals surface area contributed by atoms with Crippen LogP contribution >= 0.6 is 0 Å². The van der Waals surface area contributed by atoms with E-state index in [1.165, 1.54) is 5.56 Å². The summed E-state index contributed by atoms with van der Waals surface area (Å²) in [4.78, 5) is 9.38. The molecule has 0 radical (unpaired) electrons. The Morgan fingerprint density at radius 2 is 1.59 bits per heavy atom. The lowest BCUT2D eigenvalue weighted by Crippen LogP contribution is -2.09. The molecule has 3 aromatic carbocycles. The molecular formula is C24H24N4O. The molecule has 4 rings (SSSR count). The van der Waals surface area contributed by atoms with Gasteiger partial charge in [0.25, 0.3) is 0 Å². The van der Waals surface area contributed by atoms with Crippen molar-refractivity contribution in [3.05, 3.63) is 84.4 Å². The fourth-order valence-corrected chi connectivity index (χ4v) is 3.17. The third kappa shape index (κ3) is 4.82. The second-order valence-electron chi connectivity index (χ2n) is 6.66. The summed E-state index contributed by atoms with van der Waals surface area (Å²) in [5.41, 5.74) is 3.11. The minimum Gasteiger partial charge on any atom is -0.494 e. The molecule has 0 amide bonds. The molecule has 0 fully saturated rings. The number of benzene rings is 3. The third-order valence-corrected chi connectivity index (χ3v) is 4.57. The molecule has 0 aliphatic rings. The number of ether oxygens (including phenoxy) is 1. The number of hydrogen-bond donors (Lipinski definition) is 2. The van der Waals surface area contributed by atoms with E-state index in [0.717, 1.165) is 41.1 Å². The quantitative estimate of drug-likeness (QED) is 0.424. The Hall–Kier alpha value is -3.60. The summed E-state index contributed by atoms with van der Waals surface area (Å²) in [6.07, 6.45) is 0.931. The Balaban J connectivity index is 1.53. The number of aromatic nitrogens is 2. The van der Waals surface area contributed by atoms with Gasteiger partial charge in [0.2, 0.25) is 5.95 Å². The molecule has 0 atom stereocenters. The van der Waals surface area contributed by atoms with E-state index in [-0.39, 0.29) is 0 Å². The van der Waals surface area contributed by atoms with Gasteiger partial charge in [0.15, 0.2) is 0 Å². The van der Waals surface area contributed by atoms with E-state index in [1.54, 1.807) is 0 Å². The molecule has 146 valence electrons. The lowest BCUT2D eigenvalue weighted by atomic mass is 10.1. The predicted octanol–water partition coefficient (Wildman–Crippen LogP) is 5.43. The lowest BCUT2D eigenvalue weighted by Gasteiger charge is -2.12. The van der Waals surface area contributed by atoms with Crippen molar-refractivity contribution >= 4 is 28.4 Å². The molecule has 5 nitrogen and oxygen atoms in total. The summed E-state index contributed by atoms with van der Waals surface area (Å²) in [6.45, 7) is 3.42. The summed E-state index contributed by atoms with van der Waals surface area (Å²) < 4.78 is 5.50. The van der Waals surface area contributed by atoms with E-state index in [4.69, 9.17) is 9.72 Å². The van der Waals surface area contributed by atoms with Crippen LogP contribution in [0.2, 0.25) is 0 Å². The second kappa shape index (κ2) is 9.06. The van der Waals surface area contributed by atoms with Crippen LogP contribution < -0.4 is 15.4 Å². The maximum atomic E-state index is 5.50. The maximum Gasteiger partial charge on any atom is 0.229 e. The summed E-state index contributed by atoms with van der Waals surface area (Å²) >= 11 is 0. The van der Waals surface area contributed by atoms with Gasteiger partial charge >= 0.3 is 0 Å². The van der Waals surface area contributed by atoms with Gasteiger partial charge in [-0.3, -0.25) is 0 Å². The molecule has 1 heterocycles. The molecule has 4 aromatic rings. The van der Waals surface area contributed by atoms with Gasteiger partial charge in [-0.05, 0) is 55.3 Å². The lowest BCUT2D eigenvalue weighted by molar-refractivity contribution is 0.340. The summed E-state index contributed by atoms with van der Waals surface area (Å²) in [6, 6.07) is 26.3. The van der Waals surface area contributed by atoms with Crippen LogP contribution in [0.3, 0.4) is 0 Å². The number of nitrogens with one attached hydrogen (secondary N) is 2. The molecule has 2 N–H and O–H groups in total. The second-order valence-corrected chi connectivity index (χ2v) is 6.66. The molecule has 0 aliphatic heterocycles. The minimum atomic E-state index is 0.565. The summed E-state index contributed by atoms with van der Waals surface area (Å²) in [7, 11) is 0. The first kappa shape index (κ1) is 18.7. The first-order chi connectivity index (χ1) is 14.3. The van der Waals surface area contributed by atoms with Crippen molar-refractivity contribution in [1.29, 1.82) is 0 Å². The molecule has 0 aliphatic carbocycles. The fraction of sp³-hybridized carbons (Fsp3) is 0.167. The SMILES string of the molecule is CCOc1ccc(Nc2nc(NCCc3ccccc3)c3ccccc3n2)cc1. The Bertz CT molecular complexity index is 1070. The Kier molecular flexibility index (Phi) is 5.86. The molecule has 0 saturated heterocycles. The standard InChI is InChI=1S/C24H24N4O/c1-2-29-20-14-12-19(13-15-20)26-24-27-22-11-7-6-10-21(22)23(28-24)25-17-16-18-8-4-3-5-9-18/h3-15H,2,16-17H2,1H3,(H2,25,26,27,28). The molecule has 0 bridgehead atoms. The van der Waals surface area contributed by atoms with Crippen LogP contribution in [-0.4, -0.2) is 23.1 Å². The first-order valence-electron chi connectivity index (χ1n) is 9.86. The first-order valence-corrected chi connectivity index (χ1v) is 9.86. The van der Waals surface area contributed by atoms with Crippen molar-refractivity contribution in [1.82, 2.24) is 9.97 Å². The van der Waals surface area contributed by atoms with Gasteiger partial charge in [-0.1, -0.05) is 42.5 Å². The molecule has 1 aromatic heterocycles. The topological polar surface area (TPSA) is 59.1 Å². The maximum absolute atomic E-state index is 5.50. The summed E-state index contributed by atoms with van der Waals surface area (Å²) in [5, 5.41) is 7.79. The van der Waals surface area contributed by atoms with Gasteiger partial charge in [-0.15, -0.1) is 0 Å². The molecule has 0 spiro atoms. The fourth-order valence-electron chi connectivity index (χ4n) is 3.17. The van der Waals surface area contributed by atoms with Crippen molar-refractivity contribution in [2.75, 3.05) is 23.8 Å². The third-order valence-electron chi connectivity index (χ3n) is 4.57. The Morgan fingerprint density at radius 3 is 2.38 bits per heavy atom. The zero-order valence-electron chi connectivity index (χ0n) is 16.4. The van der Waals surface area contributed by atoms with Crippen LogP contribution in [0.15, 0.2) is 78.9 Å². The average Bonchev–Trinajstić information content (AvgIpc) is 2.76. The number of fused-ring (bicyclic) bond motifs is 1. The van der Waals surface area contributed by atoms with E-state index in [2.05, 4.69) is 39.9 Å². The number of anilines is 3. The monoisotopic (exact) mass is 384 g/mol. The highest BCUT2D eigenvalue weighted by atomic mass is 16.5. The van der Waals surface area contributed by atoms with Crippen LogP contribution in [0.4, 0.5) is 17.5 Å². The smallest absolute Gasteiger partial charge is 0.229 e. The van der Waals surface area contributed by atoms with E-state index < -0.39 is 0 Å². The van der Waals surface area contributed by atoms with Crippen LogP contribution in [0.25, 0.3) is 10.9 Å². The van der Waals surface area contributed by atoms with Crippen molar-refractivity contribution in [2.24, 2.45) is 0 Å². The van der Waals surface area contributed by atoms with E-state index >= 15 is 0 Å². The molecular weight excluding hydrogens is 360 g/mol. The average molecular weight is 384 g/mol. The number of hydrogen-bond acceptors (Lipinski definition) is 5. The normalized spacial score (nSPS) is 10.7. The highest BCUT2D eigenvalue weighted by Crippen LogP contribution is 2.24. The van der Waals surface area contributed by atoms with Gasteiger partial charge in [0.05, 0.1) is 12.1 Å². The highest BCUT2D eigenvalue weighted by Gasteiger charge is 2.08. The number of rotatable bonds is 8. The van der Waals surface area contributed by atoms with Crippen molar-refractivity contribution in [2.45, 2.75) is 13.3 Å². The van der Waals surface area contributed by atoms with Gasteiger partial charge in [-0.25, -0.2) is 4.98 Å². The van der Waals surface area contributed by atoms with Gasteiger partial charge in [0.1, 0.15) is 11.6 Å². The van der Waals surface area contributed by atoms with Crippen molar-refractivity contribution in [3.8, 4) is 5.75 Å². The van der Waals surface area contributed by atoms with Gasteiger partial charge < -0.3 is 15.4 Å². The molecule has 0 unspecified atom stereocenters. The van der Waals surface area contributed by atoms with Gasteiger partial charge in [0, 0.05) is 17.6 Å². The van der Waals surface area contributed by atoms with Crippen LogP contribution in [0, 0.1) is 0 Å². The highest BCUT2D eigenvalue weighted by molar-refractivity contribution is 5.90. The van der Waals surface area contributed by atoms with Crippen molar-refractivity contribution < 1.29 is 4.74 Å². The van der Waals surface area contributed by atoms with E-state index in [0.29, 0.717) is 12.6 Å². The predicted molar refractivity (Wildman–Crippen MR) is 119 cm³/mol. The summed E-state index contributed by atoms with van der Waals surface area (Å²) in [5.74, 6) is 2.25. The Labute approximate surface area is 170 Å². The van der Waals surface area contributed by atoms with E-state index in [9.17, 15) is 0 Å². The zero-order valence-corrected chi connectivity index (χ0v) is 16.4.